The molecule has 28 heavy (non-hydrogen) atoms. The van der Waals surface area contributed by atoms with Gasteiger partial charge in [-0.05, 0) is 30.9 Å². The van der Waals surface area contributed by atoms with E-state index >= 15 is 0 Å². The first-order valence-corrected chi connectivity index (χ1v) is 12.5. The normalized spacial score (nSPS) is 21.0. The molecule has 4 rings (SSSR count). The Hall–Kier alpha value is -1.97. The van der Waals surface area contributed by atoms with Gasteiger partial charge >= 0.3 is 0 Å². The first kappa shape index (κ1) is 19.4. The van der Waals surface area contributed by atoms with Gasteiger partial charge in [0.25, 0.3) is 0 Å². The Kier molecular flexibility index (Phi) is 5.15. The van der Waals surface area contributed by atoms with Crippen molar-refractivity contribution in [2.75, 3.05) is 17.3 Å². The number of benzene rings is 1. The quantitative estimate of drug-likeness (QED) is 0.491. The van der Waals surface area contributed by atoms with Gasteiger partial charge < -0.3 is 5.32 Å². The number of sulfone groups is 1. The van der Waals surface area contributed by atoms with E-state index in [0.29, 0.717) is 12.2 Å². The van der Waals surface area contributed by atoms with Crippen molar-refractivity contribution in [3.63, 3.8) is 0 Å². The second-order valence-electron chi connectivity index (χ2n) is 7.09. The molecule has 0 spiro atoms. The number of fused-ring (bicyclic) bond motifs is 1. The summed E-state index contributed by atoms with van der Waals surface area (Å²) < 4.78 is 23.5. The summed E-state index contributed by atoms with van der Waals surface area (Å²) in [7, 11) is -3.07. The maximum absolute atomic E-state index is 12.5. The van der Waals surface area contributed by atoms with Crippen LogP contribution in [0.15, 0.2) is 46.8 Å². The van der Waals surface area contributed by atoms with Crippen LogP contribution in [0, 0.1) is 0 Å². The highest BCUT2D eigenvalue weighted by Gasteiger charge is 2.39. The number of carbonyl (C=O) groups excluding carboxylic acids is 1. The van der Waals surface area contributed by atoms with Crippen molar-refractivity contribution in [2.45, 2.75) is 23.9 Å². The zero-order chi connectivity index (χ0) is 19.8. The first-order chi connectivity index (χ1) is 13.3. The molecule has 0 unspecified atom stereocenters. The molecule has 1 aliphatic rings. The molecule has 3 aromatic rings. The molecule has 3 heterocycles. The van der Waals surface area contributed by atoms with E-state index < -0.39 is 15.4 Å². The maximum Gasteiger partial charge on any atom is 0.230 e. The smallest absolute Gasteiger partial charge is 0.230 e. The third-order valence-electron chi connectivity index (χ3n) is 4.59. The Balaban J connectivity index is 1.54. The van der Waals surface area contributed by atoms with Gasteiger partial charge in [-0.2, -0.15) is 0 Å². The van der Waals surface area contributed by atoms with Crippen LogP contribution < -0.4 is 5.32 Å². The minimum atomic E-state index is -3.07. The molecule has 1 aliphatic heterocycles. The lowest BCUT2D eigenvalue weighted by molar-refractivity contribution is -0.120. The molecule has 0 saturated carbocycles. The molecule has 9 heteroatoms. The predicted octanol–water partition coefficient (Wildman–Crippen LogP) is 3.14. The minimum absolute atomic E-state index is 0.00459. The molecule has 1 N–H and O–H groups in total. The Labute approximate surface area is 171 Å². The highest BCUT2D eigenvalue weighted by atomic mass is 32.2. The van der Waals surface area contributed by atoms with Crippen LogP contribution in [0.1, 0.15) is 13.3 Å². The summed E-state index contributed by atoms with van der Waals surface area (Å²) in [6.45, 7) is 1.79. The zero-order valence-corrected chi connectivity index (χ0v) is 17.7. The van der Waals surface area contributed by atoms with Gasteiger partial charge in [-0.25, -0.2) is 18.4 Å². The van der Waals surface area contributed by atoms with Crippen molar-refractivity contribution in [1.29, 1.82) is 0 Å². The number of rotatable bonds is 5. The molecule has 2 aromatic heterocycles. The number of carbonyl (C=O) groups is 1. The topological polar surface area (TPSA) is 89.0 Å². The number of thiophene rings is 1. The highest BCUT2D eigenvalue weighted by Crippen LogP contribution is 2.30. The average molecular weight is 434 g/mol. The molecule has 1 atom stereocenters. The summed E-state index contributed by atoms with van der Waals surface area (Å²) in [4.78, 5) is 22.8. The van der Waals surface area contributed by atoms with Gasteiger partial charge in [-0.3, -0.25) is 4.79 Å². The number of nitrogens with zero attached hydrogens (tertiary/aromatic N) is 2. The first-order valence-electron chi connectivity index (χ1n) is 8.79. The SMILES string of the molecule is C[C@@]1(NC(=O)CSc2nc(-c3cccs3)nc3ccccc23)CCS(=O)(=O)C1. The number of hydrogen-bond donors (Lipinski definition) is 1. The number of hydrogen-bond acceptors (Lipinski definition) is 7. The van der Waals surface area contributed by atoms with Crippen LogP contribution in [0.3, 0.4) is 0 Å². The zero-order valence-electron chi connectivity index (χ0n) is 15.2. The molecule has 1 aromatic carbocycles. The van der Waals surface area contributed by atoms with Gasteiger partial charge in [0.1, 0.15) is 5.03 Å². The number of nitrogens with one attached hydrogen (secondary N) is 1. The van der Waals surface area contributed by atoms with Gasteiger partial charge in [0.2, 0.25) is 5.91 Å². The lowest BCUT2D eigenvalue weighted by atomic mass is 10.0. The molecular formula is C19H19N3O3S3. The van der Waals surface area contributed by atoms with Crippen LogP contribution in [0.25, 0.3) is 21.6 Å². The third kappa shape index (κ3) is 4.21. The monoisotopic (exact) mass is 433 g/mol. The molecule has 0 aliphatic carbocycles. The summed E-state index contributed by atoms with van der Waals surface area (Å²) in [5, 5.41) is 6.51. The lowest BCUT2D eigenvalue weighted by Gasteiger charge is -2.23. The maximum atomic E-state index is 12.5. The average Bonchev–Trinajstić information content (AvgIpc) is 3.27. The third-order valence-corrected chi connectivity index (χ3v) is 8.35. The number of amides is 1. The number of thioether (sulfide) groups is 1. The summed E-state index contributed by atoms with van der Waals surface area (Å²) in [6.07, 6.45) is 0.449. The fourth-order valence-corrected chi connectivity index (χ4v) is 6.86. The van der Waals surface area contributed by atoms with Crippen LogP contribution in [0.5, 0.6) is 0 Å². The van der Waals surface area contributed by atoms with Gasteiger partial charge in [0, 0.05) is 5.39 Å². The van der Waals surface area contributed by atoms with Gasteiger partial charge in [0.15, 0.2) is 15.7 Å². The number of para-hydroxylation sites is 1. The molecule has 0 bridgehead atoms. The van der Waals surface area contributed by atoms with Crippen LogP contribution in [0.2, 0.25) is 0 Å². The second-order valence-corrected chi connectivity index (χ2v) is 11.2. The molecule has 146 valence electrons. The largest absolute Gasteiger partial charge is 0.349 e. The van der Waals surface area contributed by atoms with Crippen molar-refractivity contribution in [2.24, 2.45) is 0 Å². The molecule has 1 fully saturated rings. The Morgan fingerprint density at radius 2 is 2.07 bits per heavy atom. The summed E-state index contributed by atoms with van der Waals surface area (Å²) in [5.41, 5.74) is 0.143. The van der Waals surface area contributed by atoms with E-state index in [9.17, 15) is 13.2 Å². The second kappa shape index (κ2) is 7.46. The van der Waals surface area contributed by atoms with Crippen LogP contribution in [0.4, 0.5) is 0 Å². The fraction of sp³-hybridized carbons (Fsp3) is 0.316. The molecule has 6 nitrogen and oxygen atoms in total. The lowest BCUT2D eigenvalue weighted by Crippen LogP contribution is -2.47. The number of aromatic nitrogens is 2. The Morgan fingerprint density at radius 3 is 2.79 bits per heavy atom. The highest BCUT2D eigenvalue weighted by molar-refractivity contribution is 8.00. The van der Waals surface area contributed by atoms with Crippen LogP contribution in [-0.4, -0.2) is 47.1 Å². The van der Waals surface area contributed by atoms with Crippen LogP contribution >= 0.6 is 23.1 Å². The Morgan fingerprint density at radius 1 is 1.25 bits per heavy atom. The van der Waals surface area contributed by atoms with Gasteiger partial charge in [-0.1, -0.05) is 36.0 Å². The summed E-state index contributed by atoms with van der Waals surface area (Å²) in [5.74, 6) is 0.739. The van der Waals surface area contributed by atoms with E-state index in [1.54, 1.807) is 18.3 Å². The van der Waals surface area contributed by atoms with E-state index in [2.05, 4.69) is 15.3 Å². The summed E-state index contributed by atoms with van der Waals surface area (Å²) >= 11 is 2.91. The van der Waals surface area contributed by atoms with Crippen molar-refractivity contribution in [1.82, 2.24) is 15.3 Å². The van der Waals surface area contributed by atoms with Crippen molar-refractivity contribution >= 4 is 49.7 Å². The molecule has 0 radical (unpaired) electrons. The molecular weight excluding hydrogens is 414 g/mol. The van der Waals surface area contributed by atoms with Gasteiger partial charge in [-0.15, -0.1) is 11.3 Å². The van der Waals surface area contributed by atoms with E-state index in [1.165, 1.54) is 11.8 Å². The van der Waals surface area contributed by atoms with Crippen molar-refractivity contribution < 1.29 is 13.2 Å². The minimum Gasteiger partial charge on any atom is -0.349 e. The van der Waals surface area contributed by atoms with Crippen LogP contribution in [-0.2, 0) is 14.6 Å². The Bertz CT molecular complexity index is 1130. The predicted molar refractivity (Wildman–Crippen MR) is 113 cm³/mol. The van der Waals surface area contributed by atoms with E-state index in [1.807, 2.05) is 41.8 Å². The van der Waals surface area contributed by atoms with Crippen molar-refractivity contribution in [3.8, 4) is 10.7 Å². The fourth-order valence-electron chi connectivity index (χ4n) is 3.29. The van der Waals surface area contributed by atoms with E-state index in [-0.39, 0.29) is 23.2 Å². The standard InChI is InChI=1S/C19H19N3O3S3/c1-19(8-10-28(24,25)12-19)22-16(23)11-27-18-13-5-2-3-6-14(13)20-17(21-18)15-7-4-9-26-15/h2-7,9H,8,10-12H2,1H3,(H,22,23)/t19-/m1/s1. The van der Waals surface area contributed by atoms with Gasteiger partial charge in [0.05, 0.1) is 33.2 Å². The van der Waals surface area contributed by atoms with Crippen molar-refractivity contribution in [3.05, 3.63) is 41.8 Å². The van der Waals surface area contributed by atoms with E-state index in [0.717, 1.165) is 20.8 Å². The molecule has 1 amide bonds. The molecule has 1 saturated heterocycles. The van der Waals surface area contributed by atoms with E-state index in [4.69, 9.17) is 0 Å². The summed E-state index contributed by atoms with van der Waals surface area (Å²) in [6, 6.07) is 11.6.